The number of benzene rings is 1. The van der Waals surface area contributed by atoms with Gasteiger partial charge in [0.05, 0.1) is 18.8 Å². The van der Waals surface area contributed by atoms with E-state index in [0.29, 0.717) is 23.7 Å². The molecule has 1 N–H and O–H groups in total. The van der Waals surface area contributed by atoms with Crippen LogP contribution in [0, 0.1) is 5.82 Å². The average molecular weight is 567 g/mol. The summed E-state index contributed by atoms with van der Waals surface area (Å²) in [6.45, 7) is 5.45. The molecule has 3 unspecified atom stereocenters. The van der Waals surface area contributed by atoms with Crippen molar-refractivity contribution in [3.05, 3.63) is 34.6 Å². The number of aliphatic imine (C=N–C) groups is 1. The molecule has 31 heavy (non-hydrogen) atoms. The minimum absolute atomic E-state index is 0. The molecule has 0 spiro atoms. The van der Waals surface area contributed by atoms with Crippen LogP contribution in [0.25, 0.3) is 0 Å². The largest absolute Gasteiger partial charge is 0.375 e. The van der Waals surface area contributed by atoms with E-state index in [-0.39, 0.29) is 48.0 Å². The summed E-state index contributed by atoms with van der Waals surface area (Å²) in [5, 5.41) is 3.97. The zero-order valence-corrected chi connectivity index (χ0v) is 21.2. The number of likely N-dealkylation sites (tertiary alicyclic amines) is 1. The van der Waals surface area contributed by atoms with E-state index in [1.807, 2.05) is 0 Å². The number of morpholine rings is 1. The third-order valence-electron chi connectivity index (χ3n) is 6.35. The second-order valence-electron chi connectivity index (χ2n) is 8.23. The number of halogens is 3. The molecule has 3 aliphatic heterocycles. The zero-order chi connectivity index (χ0) is 20.9. The van der Waals surface area contributed by atoms with Crippen molar-refractivity contribution in [2.75, 3.05) is 53.0 Å². The highest BCUT2D eigenvalue weighted by Crippen LogP contribution is 2.32. The molecule has 3 saturated heterocycles. The van der Waals surface area contributed by atoms with Gasteiger partial charge in [0.25, 0.3) is 0 Å². The summed E-state index contributed by atoms with van der Waals surface area (Å²) in [5.74, 6) is 0.568. The molecule has 6 nitrogen and oxygen atoms in total. The van der Waals surface area contributed by atoms with Gasteiger partial charge >= 0.3 is 0 Å². The lowest BCUT2D eigenvalue weighted by Crippen LogP contribution is -2.54. The Kier molecular flexibility index (Phi) is 9.64. The third-order valence-corrected chi connectivity index (χ3v) is 6.68. The molecule has 0 amide bonds. The van der Waals surface area contributed by atoms with Crippen LogP contribution in [0.1, 0.15) is 37.3 Å². The monoisotopic (exact) mass is 566 g/mol. The molecule has 0 aliphatic carbocycles. The lowest BCUT2D eigenvalue weighted by Gasteiger charge is -2.38. The van der Waals surface area contributed by atoms with Gasteiger partial charge in [0.1, 0.15) is 11.9 Å². The third kappa shape index (κ3) is 6.01. The quantitative estimate of drug-likeness (QED) is 0.335. The van der Waals surface area contributed by atoms with Crippen molar-refractivity contribution >= 4 is 41.5 Å². The van der Waals surface area contributed by atoms with E-state index in [2.05, 4.69) is 20.1 Å². The molecule has 0 saturated carbocycles. The predicted octanol–water partition coefficient (Wildman–Crippen LogP) is 3.69. The average Bonchev–Trinajstić information content (AvgIpc) is 3.47. The second-order valence-corrected chi connectivity index (χ2v) is 8.64. The highest BCUT2D eigenvalue weighted by Gasteiger charge is 2.33. The first-order valence-corrected chi connectivity index (χ1v) is 11.4. The molecule has 1 aromatic rings. The molecule has 3 fully saturated rings. The zero-order valence-electron chi connectivity index (χ0n) is 18.1. The second kappa shape index (κ2) is 12.0. The van der Waals surface area contributed by atoms with Crippen molar-refractivity contribution in [3.8, 4) is 0 Å². The van der Waals surface area contributed by atoms with E-state index in [4.69, 9.17) is 21.1 Å². The summed E-state index contributed by atoms with van der Waals surface area (Å²) in [6.07, 6.45) is 4.63. The number of nitrogens with one attached hydrogen (secondary N) is 1. The maximum Gasteiger partial charge on any atom is 0.193 e. The molecule has 4 rings (SSSR count). The maximum atomic E-state index is 14.7. The standard InChI is InChI=1S/C22H32ClFN4O2.HI/c1-25-22(28-11-13-30-20(15-28)19-8-5-12-29-19)26-14-18(27-9-2-3-10-27)21-16(23)6-4-7-17(21)24;/h4,6-7,18-20H,2-3,5,8-15H2,1H3,(H,25,26);1H. The molecule has 0 aromatic heterocycles. The van der Waals surface area contributed by atoms with Crippen LogP contribution in [0.3, 0.4) is 0 Å². The van der Waals surface area contributed by atoms with Crippen LogP contribution in [0.2, 0.25) is 5.02 Å². The summed E-state index contributed by atoms with van der Waals surface area (Å²) in [6, 6.07) is 4.79. The van der Waals surface area contributed by atoms with Gasteiger partial charge in [-0.05, 0) is 50.9 Å². The molecule has 174 valence electrons. The van der Waals surface area contributed by atoms with Crippen LogP contribution in [-0.4, -0.2) is 81.0 Å². The van der Waals surface area contributed by atoms with Gasteiger partial charge in [-0.2, -0.15) is 0 Å². The fourth-order valence-corrected chi connectivity index (χ4v) is 5.09. The van der Waals surface area contributed by atoms with E-state index in [1.54, 1.807) is 19.2 Å². The molecule has 0 radical (unpaired) electrons. The topological polar surface area (TPSA) is 49.3 Å². The van der Waals surface area contributed by atoms with Crippen molar-refractivity contribution in [1.29, 1.82) is 0 Å². The Balaban J connectivity index is 0.00000272. The predicted molar refractivity (Wildman–Crippen MR) is 132 cm³/mol. The fourth-order valence-electron chi connectivity index (χ4n) is 4.80. The molecular formula is C22H33ClFIN4O2. The Hall–Kier alpha value is -0.680. The van der Waals surface area contributed by atoms with Crippen molar-refractivity contribution in [2.45, 2.75) is 43.9 Å². The fraction of sp³-hybridized carbons (Fsp3) is 0.682. The number of ether oxygens (including phenoxy) is 2. The van der Waals surface area contributed by atoms with Crippen LogP contribution >= 0.6 is 35.6 Å². The van der Waals surface area contributed by atoms with Gasteiger partial charge in [0.15, 0.2) is 5.96 Å². The number of hydrogen-bond donors (Lipinski definition) is 1. The molecule has 3 heterocycles. The number of hydrogen-bond acceptors (Lipinski definition) is 4. The summed E-state index contributed by atoms with van der Waals surface area (Å²) in [4.78, 5) is 9.04. The number of nitrogens with zero attached hydrogens (tertiary/aromatic N) is 3. The number of rotatable bonds is 5. The highest BCUT2D eigenvalue weighted by molar-refractivity contribution is 14.0. The van der Waals surface area contributed by atoms with Gasteiger partial charge in [0, 0.05) is 43.9 Å². The van der Waals surface area contributed by atoms with Crippen LogP contribution in [0.5, 0.6) is 0 Å². The first kappa shape index (κ1) is 25.0. The van der Waals surface area contributed by atoms with Crippen molar-refractivity contribution in [3.63, 3.8) is 0 Å². The van der Waals surface area contributed by atoms with Crippen LogP contribution in [-0.2, 0) is 9.47 Å². The summed E-state index contributed by atoms with van der Waals surface area (Å²) in [7, 11) is 1.79. The Bertz CT molecular complexity index is 724. The maximum absolute atomic E-state index is 14.7. The normalized spacial score (nSPS) is 26.0. The van der Waals surface area contributed by atoms with Crippen LogP contribution in [0.15, 0.2) is 23.2 Å². The smallest absolute Gasteiger partial charge is 0.193 e. The Morgan fingerprint density at radius 2 is 1.97 bits per heavy atom. The summed E-state index contributed by atoms with van der Waals surface area (Å²) < 4.78 is 26.5. The minimum atomic E-state index is -0.249. The first-order chi connectivity index (χ1) is 14.7. The Morgan fingerprint density at radius 3 is 2.65 bits per heavy atom. The van der Waals surface area contributed by atoms with Gasteiger partial charge in [0.2, 0.25) is 0 Å². The minimum Gasteiger partial charge on any atom is -0.375 e. The highest BCUT2D eigenvalue weighted by atomic mass is 127. The van der Waals surface area contributed by atoms with Crippen molar-refractivity contribution < 1.29 is 13.9 Å². The van der Waals surface area contributed by atoms with E-state index in [9.17, 15) is 4.39 Å². The molecular weight excluding hydrogens is 534 g/mol. The molecule has 0 bridgehead atoms. The SMILES string of the molecule is CN=C(NCC(c1c(F)cccc1Cl)N1CCCC1)N1CCOC(C2CCCO2)C1.I. The molecule has 1 aromatic carbocycles. The van der Waals surface area contributed by atoms with E-state index in [0.717, 1.165) is 64.4 Å². The Morgan fingerprint density at radius 1 is 1.19 bits per heavy atom. The molecule has 3 atom stereocenters. The van der Waals surface area contributed by atoms with Gasteiger partial charge in [-0.25, -0.2) is 4.39 Å². The van der Waals surface area contributed by atoms with Gasteiger partial charge < -0.3 is 19.7 Å². The molecule has 3 aliphatic rings. The summed E-state index contributed by atoms with van der Waals surface area (Å²) in [5.41, 5.74) is 0.572. The lowest BCUT2D eigenvalue weighted by molar-refractivity contribution is -0.0817. The van der Waals surface area contributed by atoms with Crippen LogP contribution in [0.4, 0.5) is 4.39 Å². The van der Waals surface area contributed by atoms with Gasteiger partial charge in [-0.15, -0.1) is 24.0 Å². The van der Waals surface area contributed by atoms with Crippen LogP contribution < -0.4 is 5.32 Å². The van der Waals surface area contributed by atoms with Crippen molar-refractivity contribution in [2.24, 2.45) is 4.99 Å². The van der Waals surface area contributed by atoms with E-state index >= 15 is 0 Å². The lowest BCUT2D eigenvalue weighted by atomic mass is 10.0. The van der Waals surface area contributed by atoms with E-state index < -0.39 is 0 Å². The van der Waals surface area contributed by atoms with Gasteiger partial charge in [-0.3, -0.25) is 9.89 Å². The first-order valence-electron chi connectivity index (χ1n) is 11.0. The Labute approximate surface area is 206 Å². The molecule has 9 heteroatoms. The van der Waals surface area contributed by atoms with E-state index in [1.165, 1.54) is 6.07 Å². The van der Waals surface area contributed by atoms with Crippen molar-refractivity contribution in [1.82, 2.24) is 15.1 Å². The van der Waals surface area contributed by atoms with Gasteiger partial charge in [-0.1, -0.05) is 17.7 Å². The number of guanidine groups is 1. The summed E-state index contributed by atoms with van der Waals surface area (Å²) >= 11 is 6.43.